The zero-order valence-corrected chi connectivity index (χ0v) is 11.7. The van der Waals surface area contributed by atoms with Gasteiger partial charge in [-0.2, -0.15) is 25.3 Å². The molecule has 0 heterocycles. The van der Waals surface area contributed by atoms with E-state index in [4.69, 9.17) is 33.2 Å². The van der Waals surface area contributed by atoms with Gasteiger partial charge in [-0.1, -0.05) is 12.8 Å². The molecule has 1 atom stereocenters. The molecule has 0 aliphatic rings. The fourth-order valence-electron chi connectivity index (χ4n) is 0.790. The van der Waals surface area contributed by atoms with Gasteiger partial charge in [-0.05, 0) is 18.6 Å². The van der Waals surface area contributed by atoms with Crippen LogP contribution in [0.1, 0.15) is 25.7 Å². The van der Waals surface area contributed by atoms with Crippen molar-refractivity contribution in [3.8, 4) is 0 Å². The van der Waals surface area contributed by atoms with Gasteiger partial charge in [-0.25, -0.2) is 0 Å². The standard InChI is InChI=1S/C6H13Cl3S2Si/c7-12(8,9)6(11)4-2-1-3-5-10/h6,10-11H,1-5H2. The molecule has 0 bridgehead atoms. The third kappa shape index (κ3) is 7.22. The Labute approximate surface area is 100 Å². The highest BCUT2D eigenvalue weighted by atomic mass is 35.8. The molecule has 0 aliphatic carbocycles. The smallest absolute Gasteiger partial charge is 0.179 e. The summed E-state index contributed by atoms with van der Waals surface area (Å²) in [7, 11) is 0. The maximum absolute atomic E-state index is 5.77. The van der Waals surface area contributed by atoms with Crippen LogP contribution in [0.4, 0.5) is 0 Å². The van der Waals surface area contributed by atoms with Gasteiger partial charge in [0.1, 0.15) is 0 Å². The first-order valence-electron chi connectivity index (χ1n) is 3.84. The molecule has 0 aromatic carbocycles. The summed E-state index contributed by atoms with van der Waals surface area (Å²) in [6.07, 6.45) is 4.26. The van der Waals surface area contributed by atoms with E-state index in [2.05, 4.69) is 25.3 Å². The molecule has 0 aliphatic heterocycles. The zero-order valence-electron chi connectivity index (χ0n) is 6.64. The molecule has 0 aromatic heterocycles. The average Bonchev–Trinajstić information content (AvgIpc) is 1.96. The first kappa shape index (κ1) is 13.8. The molecule has 0 aromatic rings. The number of hydrogen-bond acceptors (Lipinski definition) is 2. The van der Waals surface area contributed by atoms with Gasteiger partial charge in [0.2, 0.25) is 0 Å². The Kier molecular flexibility index (Phi) is 8.19. The Bertz CT molecular complexity index is 118. The highest BCUT2D eigenvalue weighted by molar-refractivity contribution is 7.89. The van der Waals surface area contributed by atoms with Gasteiger partial charge in [0.25, 0.3) is 0 Å². The van der Waals surface area contributed by atoms with Crippen molar-refractivity contribution >= 4 is 64.5 Å². The van der Waals surface area contributed by atoms with Gasteiger partial charge in [-0.15, -0.1) is 33.2 Å². The molecule has 1 unspecified atom stereocenters. The van der Waals surface area contributed by atoms with E-state index in [1.165, 1.54) is 0 Å². The van der Waals surface area contributed by atoms with E-state index in [0.717, 1.165) is 31.4 Å². The molecule has 0 N–H and O–H groups in total. The van der Waals surface area contributed by atoms with Crippen molar-refractivity contribution in [3.05, 3.63) is 0 Å². The van der Waals surface area contributed by atoms with E-state index in [0.29, 0.717) is 0 Å². The van der Waals surface area contributed by atoms with Crippen LogP contribution >= 0.6 is 58.5 Å². The second-order valence-corrected chi connectivity index (χ2v) is 13.1. The van der Waals surface area contributed by atoms with Gasteiger partial charge < -0.3 is 0 Å². The van der Waals surface area contributed by atoms with Crippen LogP contribution in [0.3, 0.4) is 0 Å². The van der Waals surface area contributed by atoms with Crippen molar-refractivity contribution in [2.45, 2.75) is 30.6 Å². The van der Waals surface area contributed by atoms with Crippen molar-refractivity contribution in [2.24, 2.45) is 0 Å². The van der Waals surface area contributed by atoms with Crippen LogP contribution in [0.25, 0.3) is 0 Å². The molecule has 0 saturated carbocycles. The summed E-state index contributed by atoms with van der Waals surface area (Å²) in [6.45, 7) is 0. The summed E-state index contributed by atoms with van der Waals surface area (Å²) in [5.41, 5.74) is 0. The molecule has 0 nitrogen and oxygen atoms in total. The first-order chi connectivity index (χ1) is 5.48. The lowest BCUT2D eigenvalue weighted by Gasteiger charge is -2.15. The summed E-state index contributed by atoms with van der Waals surface area (Å²) < 4.78 is 0. The molecule has 0 fully saturated rings. The fourth-order valence-corrected chi connectivity index (χ4v) is 2.71. The number of hydrogen-bond donors (Lipinski definition) is 2. The fraction of sp³-hybridized carbons (Fsp3) is 1.00. The van der Waals surface area contributed by atoms with E-state index < -0.39 is 6.00 Å². The van der Waals surface area contributed by atoms with Gasteiger partial charge in [0, 0.05) is 4.87 Å². The summed E-state index contributed by atoms with van der Waals surface area (Å²) in [5, 5.41) is 0. The first-order valence-corrected chi connectivity index (χ1v) is 10.1. The second kappa shape index (κ2) is 7.13. The highest BCUT2D eigenvalue weighted by Gasteiger charge is 2.33. The normalized spacial score (nSPS) is 14.8. The molecular weight excluding hydrogens is 271 g/mol. The molecule has 12 heavy (non-hydrogen) atoms. The van der Waals surface area contributed by atoms with Crippen molar-refractivity contribution in [2.75, 3.05) is 5.75 Å². The van der Waals surface area contributed by atoms with Crippen molar-refractivity contribution < 1.29 is 0 Å². The number of halogens is 3. The highest BCUT2D eigenvalue weighted by Crippen LogP contribution is 2.30. The van der Waals surface area contributed by atoms with Gasteiger partial charge in [0.15, 0.2) is 0 Å². The third-order valence-electron chi connectivity index (χ3n) is 1.51. The minimum absolute atomic E-state index is 0.0255. The summed E-state index contributed by atoms with van der Waals surface area (Å²) in [4.78, 5) is -0.0255. The molecule has 0 spiro atoms. The summed E-state index contributed by atoms with van der Waals surface area (Å²) >= 11 is 25.7. The molecular formula is C6H13Cl3S2Si. The maximum Gasteiger partial charge on any atom is 0.353 e. The Morgan fingerprint density at radius 2 is 1.67 bits per heavy atom. The predicted octanol–water partition coefficient (Wildman–Crippen LogP) is 3.97. The molecule has 0 radical (unpaired) electrons. The minimum Gasteiger partial charge on any atom is -0.179 e. The van der Waals surface area contributed by atoms with E-state index in [1.807, 2.05) is 0 Å². The number of thiol groups is 2. The SMILES string of the molecule is SCCCCCC(S)[Si](Cl)(Cl)Cl. The van der Waals surface area contributed by atoms with Crippen LogP contribution in [0.2, 0.25) is 0 Å². The Balaban J connectivity index is 3.38. The quantitative estimate of drug-likeness (QED) is 0.313. The van der Waals surface area contributed by atoms with Crippen LogP contribution in [0.5, 0.6) is 0 Å². The van der Waals surface area contributed by atoms with E-state index in [9.17, 15) is 0 Å². The zero-order chi connectivity index (χ0) is 9.61. The summed E-state index contributed by atoms with van der Waals surface area (Å²) in [6, 6.07) is -2.56. The van der Waals surface area contributed by atoms with Crippen LogP contribution < -0.4 is 0 Å². The van der Waals surface area contributed by atoms with E-state index in [1.54, 1.807) is 0 Å². The minimum atomic E-state index is -2.56. The Hall–Kier alpha value is 1.79. The Morgan fingerprint density at radius 3 is 2.08 bits per heavy atom. The molecule has 0 amide bonds. The van der Waals surface area contributed by atoms with Crippen molar-refractivity contribution in [3.63, 3.8) is 0 Å². The van der Waals surface area contributed by atoms with Crippen LogP contribution in [-0.4, -0.2) is 16.6 Å². The van der Waals surface area contributed by atoms with Gasteiger partial charge in [0.05, 0.1) is 0 Å². The molecule has 74 valence electrons. The predicted molar refractivity (Wildman–Crippen MR) is 68.4 cm³/mol. The second-order valence-electron chi connectivity index (χ2n) is 2.63. The van der Waals surface area contributed by atoms with Crippen molar-refractivity contribution in [1.82, 2.24) is 0 Å². The van der Waals surface area contributed by atoms with Gasteiger partial charge >= 0.3 is 6.00 Å². The largest absolute Gasteiger partial charge is 0.353 e. The maximum atomic E-state index is 5.77. The summed E-state index contributed by atoms with van der Waals surface area (Å²) in [5.74, 6) is 0.933. The van der Waals surface area contributed by atoms with Gasteiger partial charge in [-0.3, -0.25) is 0 Å². The van der Waals surface area contributed by atoms with E-state index in [-0.39, 0.29) is 4.87 Å². The average molecular weight is 284 g/mol. The number of rotatable bonds is 6. The number of unbranched alkanes of at least 4 members (excludes halogenated alkanes) is 2. The topological polar surface area (TPSA) is 0 Å². The molecule has 6 heteroatoms. The van der Waals surface area contributed by atoms with Crippen LogP contribution in [-0.2, 0) is 0 Å². The van der Waals surface area contributed by atoms with Crippen LogP contribution in [0, 0.1) is 0 Å². The Morgan fingerprint density at radius 1 is 1.08 bits per heavy atom. The lowest BCUT2D eigenvalue weighted by Crippen LogP contribution is -2.25. The lowest BCUT2D eigenvalue weighted by atomic mass is 10.2. The monoisotopic (exact) mass is 282 g/mol. The lowest BCUT2D eigenvalue weighted by molar-refractivity contribution is 0.698. The van der Waals surface area contributed by atoms with Crippen molar-refractivity contribution in [1.29, 1.82) is 0 Å². The third-order valence-corrected chi connectivity index (χ3v) is 8.03. The molecule has 0 rings (SSSR count). The molecule has 0 saturated heterocycles. The van der Waals surface area contributed by atoms with Crippen LogP contribution in [0.15, 0.2) is 0 Å². The van der Waals surface area contributed by atoms with E-state index >= 15 is 0 Å².